The third-order valence-corrected chi connectivity index (χ3v) is 6.31. The van der Waals surface area contributed by atoms with Crippen molar-refractivity contribution < 1.29 is 17.9 Å². The summed E-state index contributed by atoms with van der Waals surface area (Å²) in [7, 11) is -1.03. The third kappa shape index (κ3) is 5.81. The van der Waals surface area contributed by atoms with Gasteiger partial charge in [-0.15, -0.1) is 0 Å². The Bertz CT molecular complexity index is 898. The molecule has 7 heteroatoms. The zero-order valence-corrected chi connectivity index (χ0v) is 17.6. The van der Waals surface area contributed by atoms with Crippen LogP contribution in [0.15, 0.2) is 53.4 Å². The van der Waals surface area contributed by atoms with E-state index in [0.717, 1.165) is 22.7 Å². The van der Waals surface area contributed by atoms with Crippen LogP contribution in [0.4, 0.5) is 0 Å². The number of amides is 1. The Morgan fingerprint density at radius 2 is 1.86 bits per heavy atom. The Kier molecular flexibility index (Phi) is 7.60. The van der Waals surface area contributed by atoms with E-state index in [9.17, 15) is 13.2 Å². The van der Waals surface area contributed by atoms with E-state index >= 15 is 0 Å². The van der Waals surface area contributed by atoms with E-state index in [0.29, 0.717) is 0 Å². The van der Waals surface area contributed by atoms with Crippen molar-refractivity contribution in [2.75, 3.05) is 20.7 Å². The van der Waals surface area contributed by atoms with Gasteiger partial charge in [0.1, 0.15) is 10.6 Å². The van der Waals surface area contributed by atoms with Crippen molar-refractivity contribution in [1.82, 2.24) is 9.62 Å². The summed E-state index contributed by atoms with van der Waals surface area (Å²) in [5, 5.41) is 2.87. The van der Waals surface area contributed by atoms with Crippen molar-refractivity contribution in [3.05, 3.63) is 59.7 Å². The Balaban J connectivity index is 1.96. The molecule has 0 spiro atoms. The largest absolute Gasteiger partial charge is 0.495 e. The predicted molar refractivity (Wildman–Crippen MR) is 110 cm³/mol. The molecular formula is C21H28N2O4S. The molecule has 0 bridgehead atoms. The first kappa shape index (κ1) is 21.9. The highest BCUT2D eigenvalue weighted by atomic mass is 32.2. The van der Waals surface area contributed by atoms with Crippen LogP contribution in [-0.4, -0.2) is 45.4 Å². The fourth-order valence-electron chi connectivity index (χ4n) is 2.86. The van der Waals surface area contributed by atoms with Crippen LogP contribution in [0, 0.1) is 6.92 Å². The van der Waals surface area contributed by atoms with Gasteiger partial charge in [0.05, 0.1) is 13.7 Å². The molecule has 0 aliphatic heterocycles. The number of rotatable bonds is 9. The quantitative estimate of drug-likeness (QED) is 0.697. The van der Waals surface area contributed by atoms with Crippen LogP contribution in [0.25, 0.3) is 0 Å². The molecule has 2 aromatic rings. The highest BCUT2D eigenvalue weighted by Gasteiger charge is 2.26. The van der Waals surface area contributed by atoms with Crippen LogP contribution < -0.4 is 10.1 Å². The topological polar surface area (TPSA) is 75.7 Å². The van der Waals surface area contributed by atoms with E-state index in [4.69, 9.17) is 4.74 Å². The van der Waals surface area contributed by atoms with Gasteiger partial charge in [-0.1, -0.05) is 36.4 Å². The number of hydrogen-bond donors (Lipinski definition) is 1. The lowest BCUT2D eigenvalue weighted by molar-refractivity contribution is -0.121. The van der Waals surface area contributed by atoms with Crippen molar-refractivity contribution in [2.24, 2.45) is 0 Å². The standard InChI is InChI=1S/C21H28N2O4S/c1-16-10-13-19(27-4)20(14-16)28(25,26)23(3)15-21(24)22-17(2)11-12-18-8-6-5-7-9-18/h5-10,13-14,17H,11-12,15H2,1-4H3,(H,22,24)/t17-/m1/s1. The number of ether oxygens (including phenoxy) is 1. The number of methoxy groups -OCH3 is 1. The van der Waals surface area contributed by atoms with Gasteiger partial charge in [-0.25, -0.2) is 8.42 Å². The van der Waals surface area contributed by atoms with Gasteiger partial charge in [0.15, 0.2) is 0 Å². The average molecular weight is 405 g/mol. The fraction of sp³-hybridized carbons (Fsp3) is 0.381. The number of carbonyl (C=O) groups excluding carboxylic acids is 1. The first-order chi connectivity index (χ1) is 13.2. The lowest BCUT2D eigenvalue weighted by Crippen LogP contribution is -2.42. The summed E-state index contributed by atoms with van der Waals surface area (Å²) < 4.78 is 31.9. The van der Waals surface area contributed by atoms with Crippen LogP contribution in [0.5, 0.6) is 5.75 Å². The molecule has 152 valence electrons. The van der Waals surface area contributed by atoms with Gasteiger partial charge < -0.3 is 10.1 Å². The summed E-state index contributed by atoms with van der Waals surface area (Å²) in [5.41, 5.74) is 2.00. The Morgan fingerprint density at radius 1 is 1.18 bits per heavy atom. The predicted octanol–water partition coefficient (Wildman–Crippen LogP) is 2.76. The molecule has 0 aromatic heterocycles. The molecule has 2 rings (SSSR count). The SMILES string of the molecule is COc1ccc(C)cc1S(=O)(=O)N(C)CC(=O)N[C@H](C)CCc1ccccc1. The van der Waals surface area contributed by atoms with Crippen LogP contribution in [-0.2, 0) is 21.2 Å². The van der Waals surface area contributed by atoms with Crippen LogP contribution in [0.3, 0.4) is 0 Å². The summed E-state index contributed by atoms with van der Waals surface area (Å²) in [5.74, 6) is -0.0765. The summed E-state index contributed by atoms with van der Waals surface area (Å²) in [6.45, 7) is 3.47. The van der Waals surface area contributed by atoms with E-state index in [1.807, 2.05) is 37.3 Å². The zero-order chi connectivity index (χ0) is 20.7. The molecule has 1 amide bonds. The highest BCUT2D eigenvalue weighted by Crippen LogP contribution is 2.27. The minimum atomic E-state index is -3.84. The van der Waals surface area contributed by atoms with E-state index < -0.39 is 10.0 Å². The van der Waals surface area contributed by atoms with Crippen LogP contribution in [0.1, 0.15) is 24.5 Å². The molecule has 0 fully saturated rings. The zero-order valence-electron chi connectivity index (χ0n) is 16.8. The van der Waals surface area contributed by atoms with Gasteiger partial charge in [0.25, 0.3) is 0 Å². The number of benzene rings is 2. The molecule has 6 nitrogen and oxygen atoms in total. The lowest BCUT2D eigenvalue weighted by atomic mass is 10.1. The Morgan fingerprint density at radius 3 is 2.50 bits per heavy atom. The lowest BCUT2D eigenvalue weighted by Gasteiger charge is -2.20. The number of likely N-dealkylation sites (N-methyl/N-ethyl adjacent to an activating group) is 1. The molecule has 28 heavy (non-hydrogen) atoms. The second kappa shape index (κ2) is 9.71. The molecule has 0 aliphatic carbocycles. The minimum Gasteiger partial charge on any atom is -0.495 e. The van der Waals surface area contributed by atoms with Gasteiger partial charge >= 0.3 is 0 Å². The maximum atomic E-state index is 12.9. The van der Waals surface area contributed by atoms with E-state index in [1.54, 1.807) is 25.1 Å². The van der Waals surface area contributed by atoms with E-state index in [-0.39, 0.29) is 29.1 Å². The number of sulfonamides is 1. The van der Waals surface area contributed by atoms with Gasteiger partial charge in [0.2, 0.25) is 15.9 Å². The van der Waals surface area contributed by atoms with Crippen LogP contribution >= 0.6 is 0 Å². The number of nitrogens with one attached hydrogen (secondary N) is 1. The first-order valence-electron chi connectivity index (χ1n) is 9.18. The second-order valence-electron chi connectivity index (χ2n) is 6.91. The third-order valence-electron chi connectivity index (χ3n) is 4.49. The Hall–Kier alpha value is -2.38. The molecule has 0 heterocycles. The van der Waals surface area contributed by atoms with Crippen molar-refractivity contribution in [3.8, 4) is 5.75 Å². The van der Waals surface area contributed by atoms with Crippen molar-refractivity contribution in [2.45, 2.75) is 37.6 Å². The maximum Gasteiger partial charge on any atom is 0.246 e. The molecule has 0 saturated heterocycles. The Labute approximate surface area is 167 Å². The molecule has 0 radical (unpaired) electrons. The first-order valence-corrected chi connectivity index (χ1v) is 10.6. The molecule has 0 aliphatic rings. The summed E-state index contributed by atoms with van der Waals surface area (Å²) in [6, 6.07) is 14.9. The smallest absolute Gasteiger partial charge is 0.246 e. The monoisotopic (exact) mass is 404 g/mol. The van der Waals surface area contributed by atoms with Gasteiger partial charge in [0, 0.05) is 13.1 Å². The fourth-order valence-corrected chi connectivity index (χ4v) is 4.22. The van der Waals surface area contributed by atoms with Crippen molar-refractivity contribution >= 4 is 15.9 Å². The van der Waals surface area contributed by atoms with Gasteiger partial charge in [-0.2, -0.15) is 4.31 Å². The molecule has 1 atom stereocenters. The molecule has 0 saturated carbocycles. The number of nitrogens with zero attached hydrogens (tertiary/aromatic N) is 1. The summed E-state index contributed by atoms with van der Waals surface area (Å²) in [6.07, 6.45) is 1.62. The summed E-state index contributed by atoms with van der Waals surface area (Å²) in [4.78, 5) is 12.4. The maximum absolute atomic E-state index is 12.9. The highest BCUT2D eigenvalue weighted by molar-refractivity contribution is 7.89. The molecular weight excluding hydrogens is 376 g/mol. The van der Waals surface area contributed by atoms with Crippen molar-refractivity contribution in [3.63, 3.8) is 0 Å². The minimum absolute atomic E-state index is 0.0578. The number of hydrogen-bond acceptors (Lipinski definition) is 4. The number of aryl methyl sites for hydroxylation is 2. The molecule has 2 aromatic carbocycles. The van der Waals surface area contributed by atoms with Gasteiger partial charge in [-0.05, 0) is 49.9 Å². The van der Waals surface area contributed by atoms with Crippen molar-refractivity contribution in [1.29, 1.82) is 0 Å². The van der Waals surface area contributed by atoms with E-state index in [1.165, 1.54) is 19.7 Å². The second-order valence-corrected chi connectivity index (χ2v) is 8.92. The normalized spacial score (nSPS) is 12.6. The summed E-state index contributed by atoms with van der Waals surface area (Å²) >= 11 is 0. The van der Waals surface area contributed by atoms with Gasteiger partial charge in [-0.3, -0.25) is 4.79 Å². The number of carbonyl (C=O) groups is 1. The van der Waals surface area contributed by atoms with Crippen LogP contribution in [0.2, 0.25) is 0 Å². The molecule has 0 unspecified atom stereocenters. The van der Waals surface area contributed by atoms with E-state index in [2.05, 4.69) is 5.32 Å². The molecule has 1 N–H and O–H groups in total. The average Bonchev–Trinajstić information content (AvgIpc) is 2.67.